The van der Waals surface area contributed by atoms with Crippen molar-refractivity contribution in [1.82, 2.24) is 4.98 Å². The van der Waals surface area contributed by atoms with E-state index in [0.29, 0.717) is 5.69 Å². The molecular formula is C12H14BrN3O. The van der Waals surface area contributed by atoms with E-state index >= 15 is 0 Å². The van der Waals surface area contributed by atoms with Gasteiger partial charge in [0.15, 0.2) is 0 Å². The second-order valence-corrected chi connectivity index (χ2v) is 4.68. The molecule has 2 aromatic heterocycles. The van der Waals surface area contributed by atoms with Crippen LogP contribution in [0.25, 0.3) is 0 Å². The second kappa shape index (κ2) is 4.79. The van der Waals surface area contributed by atoms with E-state index in [4.69, 9.17) is 10.2 Å². The summed E-state index contributed by atoms with van der Waals surface area (Å²) >= 11 is 3.49. The van der Waals surface area contributed by atoms with E-state index in [1.165, 1.54) is 0 Å². The molecule has 0 saturated carbocycles. The Labute approximate surface area is 108 Å². The van der Waals surface area contributed by atoms with Crippen molar-refractivity contribution in [2.45, 2.75) is 19.9 Å². The molecule has 0 fully saturated rings. The average molecular weight is 296 g/mol. The quantitative estimate of drug-likeness (QED) is 0.910. The molecule has 1 unspecified atom stereocenters. The van der Waals surface area contributed by atoms with E-state index in [1.807, 2.05) is 26.0 Å². The topological polar surface area (TPSA) is 64.1 Å². The van der Waals surface area contributed by atoms with Crippen LogP contribution >= 0.6 is 15.9 Å². The normalized spacial score (nSPS) is 12.4. The van der Waals surface area contributed by atoms with E-state index in [1.54, 1.807) is 12.5 Å². The van der Waals surface area contributed by atoms with E-state index in [9.17, 15) is 0 Å². The molecule has 0 aromatic carbocycles. The van der Waals surface area contributed by atoms with Crippen LogP contribution in [0.4, 0.5) is 11.5 Å². The molecular weight excluding hydrogens is 282 g/mol. The lowest BCUT2D eigenvalue weighted by molar-refractivity contribution is 0.490. The largest absolute Gasteiger partial charge is 0.467 e. The number of nitrogens with zero attached hydrogens (tertiary/aromatic N) is 1. The lowest BCUT2D eigenvalue weighted by Gasteiger charge is -2.15. The fourth-order valence-electron chi connectivity index (χ4n) is 1.51. The van der Waals surface area contributed by atoms with Gasteiger partial charge in [0.25, 0.3) is 0 Å². The summed E-state index contributed by atoms with van der Waals surface area (Å²) in [6.07, 6.45) is 3.31. The first-order valence-electron chi connectivity index (χ1n) is 5.30. The first-order valence-corrected chi connectivity index (χ1v) is 6.09. The van der Waals surface area contributed by atoms with Crippen LogP contribution < -0.4 is 11.1 Å². The number of hydrogen-bond acceptors (Lipinski definition) is 4. The fourth-order valence-corrected chi connectivity index (χ4v) is 1.95. The molecule has 0 amide bonds. The molecule has 90 valence electrons. The van der Waals surface area contributed by atoms with Crippen molar-refractivity contribution in [3.63, 3.8) is 0 Å². The van der Waals surface area contributed by atoms with Crippen LogP contribution in [0.15, 0.2) is 33.5 Å². The lowest BCUT2D eigenvalue weighted by Crippen LogP contribution is -2.08. The second-order valence-electron chi connectivity index (χ2n) is 3.88. The van der Waals surface area contributed by atoms with Gasteiger partial charge in [0.05, 0.1) is 28.7 Å². The highest BCUT2D eigenvalue weighted by atomic mass is 79.9. The van der Waals surface area contributed by atoms with Crippen LogP contribution in [-0.2, 0) is 0 Å². The molecule has 2 aromatic rings. The molecule has 0 spiro atoms. The molecule has 2 rings (SSSR count). The maximum Gasteiger partial charge on any atom is 0.141 e. The summed E-state index contributed by atoms with van der Waals surface area (Å²) in [5, 5.41) is 3.27. The molecule has 1 atom stereocenters. The summed E-state index contributed by atoms with van der Waals surface area (Å²) in [7, 11) is 0. The van der Waals surface area contributed by atoms with Gasteiger partial charge in [-0.3, -0.25) is 0 Å². The zero-order valence-electron chi connectivity index (χ0n) is 9.70. The van der Waals surface area contributed by atoms with E-state index < -0.39 is 0 Å². The van der Waals surface area contributed by atoms with E-state index in [-0.39, 0.29) is 6.04 Å². The Morgan fingerprint density at radius 1 is 1.53 bits per heavy atom. The number of rotatable bonds is 3. The monoisotopic (exact) mass is 295 g/mol. The van der Waals surface area contributed by atoms with E-state index in [0.717, 1.165) is 21.6 Å². The molecule has 3 N–H and O–H groups in total. The molecule has 17 heavy (non-hydrogen) atoms. The molecule has 5 heteroatoms. The standard InChI is InChI=1S/C12H14BrN3O/c1-7-9(14)6-15-12(11(7)13)16-8(2)10-4-3-5-17-10/h3-6,8H,14H2,1-2H3,(H,15,16). The van der Waals surface area contributed by atoms with Crippen LogP contribution in [0.5, 0.6) is 0 Å². The van der Waals surface area contributed by atoms with Crippen molar-refractivity contribution in [1.29, 1.82) is 0 Å². The van der Waals surface area contributed by atoms with Crippen molar-refractivity contribution in [3.8, 4) is 0 Å². The van der Waals surface area contributed by atoms with Crippen LogP contribution in [0.2, 0.25) is 0 Å². The number of nitrogens with two attached hydrogens (primary N) is 1. The Morgan fingerprint density at radius 3 is 2.94 bits per heavy atom. The Morgan fingerprint density at radius 2 is 2.29 bits per heavy atom. The molecule has 4 nitrogen and oxygen atoms in total. The highest BCUT2D eigenvalue weighted by molar-refractivity contribution is 9.10. The van der Waals surface area contributed by atoms with Gasteiger partial charge < -0.3 is 15.5 Å². The minimum Gasteiger partial charge on any atom is -0.467 e. The van der Waals surface area contributed by atoms with Gasteiger partial charge in [-0.1, -0.05) is 0 Å². The summed E-state index contributed by atoms with van der Waals surface area (Å²) in [6, 6.07) is 3.84. The van der Waals surface area contributed by atoms with Crippen LogP contribution in [0, 0.1) is 6.92 Å². The van der Waals surface area contributed by atoms with Gasteiger partial charge in [-0.05, 0) is 47.5 Å². The number of nitrogen functional groups attached to an aromatic ring is 1. The minimum atomic E-state index is 0.0526. The van der Waals surface area contributed by atoms with Gasteiger partial charge in [-0.2, -0.15) is 0 Å². The third-order valence-electron chi connectivity index (χ3n) is 2.63. The number of nitrogens with one attached hydrogen (secondary N) is 1. The highest BCUT2D eigenvalue weighted by Crippen LogP contribution is 2.30. The van der Waals surface area contributed by atoms with Gasteiger partial charge in [0.2, 0.25) is 0 Å². The highest BCUT2D eigenvalue weighted by Gasteiger charge is 2.12. The fraction of sp³-hybridized carbons (Fsp3) is 0.250. The zero-order chi connectivity index (χ0) is 12.4. The number of halogens is 1. The minimum absolute atomic E-state index is 0.0526. The van der Waals surface area contributed by atoms with E-state index in [2.05, 4.69) is 26.2 Å². The average Bonchev–Trinajstić information content (AvgIpc) is 2.83. The predicted molar refractivity (Wildman–Crippen MR) is 71.8 cm³/mol. The summed E-state index contributed by atoms with van der Waals surface area (Å²) in [5.74, 6) is 1.63. The van der Waals surface area contributed by atoms with Crippen molar-refractivity contribution in [2.24, 2.45) is 0 Å². The van der Waals surface area contributed by atoms with Gasteiger partial charge in [-0.25, -0.2) is 4.98 Å². The maximum atomic E-state index is 5.78. The molecule has 0 aliphatic carbocycles. The number of hydrogen-bond donors (Lipinski definition) is 2. The number of anilines is 2. The third kappa shape index (κ3) is 2.44. The number of pyridine rings is 1. The summed E-state index contributed by atoms with van der Waals surface area (Å²) in [4.78, 5) is 4.26. The first kappa shape index (κ1) is 12.0. The van der Waals surface area contributed by atoms with Crippen LogP contribution in [0.1, 0.15) is 24.3 Å². The Bertz CT molecular complexity index is 511. The molecule has 0 aliphatic heterocycles. The third-order valence-corrected chi connectivity index (χ3v) is 3.60. The van der Waals surface area contributed by atoms with Gasteiger partial charge >= 0.3 is 0 Å². The van der Waals surface area contributed by atoms with Gasteiger partial charge in [0.1, 0.15) is 11.6 Å². The summed E-state index contributed by atoms with van der Waals surface area (Å²) in [5.41, 5.74) is 7.43. The van der Waals surface area contributed by atoms with Gasteiger partial charge in [0, 0.05) is 0 Å². The van der Waals surface area contributed by atoms with Crippen molar-refractivity contribution in [3.05, 3.63) is 40.4 Å². The Balaban J connectivity index is 2.22. The maximum absolute atomic E-state index is 5.78. The Kier molecular flexibility index (Phi) is 3.38. The zero-order valence-corrected chi connectivity index (χ0v) is 11.3. The van der Waals surface area contributed by atoms with Crippen LogP contribution in [0.3, 0.4) is 0 Å². The summed E-state index contributed by atoms with van der Waals surface area (Å²) in [6.45, 7) is 3.96. The predicted octanol–water partition coefficient (Wildman–Crippen LogP) is 3.50. The molecule has 0 bridgehead atoms. The summed E-state index contributed by atoms with van der Waals surface area (Å²) < 4.78 is 6.22. The lowest BCUT2D eigenvalue weighted by atomic mass is 10.2. The first-order chi connectivity index (χ1) is 8.09. The number of aromatic nitrogens is 1. The van der Waals surface area contributed by atoms with Crippen molar-refractivity contribution in [2.75, 3.05) is 11.1 Å². The molecule has 0 saturated heterocycles. The molecule has 0 radical (unpaired) electrons. The SMILES string of the molecule is Cc1c(N)cnc(NC(C)c2ccco2)c1Br. The number of furan rings is 1. The molecule has 2 heterocycles. The van der Waals surface area contributed by atoms with Crippen molar-refractivity contribution >= 4 is 27.4 Å². The van der Waals surface area contributed by atoms with Gasteiger partial charge in [-0.15, -0.1) is 0 Å². The van der Waals surface area contributed by atoms with Crippen molar-refractivity contribution < 1.29 is 4.42 Å². The Hall–Kier alpha value is -1.49. The smallest absolute Gasteiger partial charge is 0.141 e. The molecule has 0 aliphatic rings. The van der Waals surface area contributed by atoms with Crippen LogP contribution in [-0.4, -0.2) is 4.98 Å².